The summed E-state index contributed by atoms with van der Waals surface area (Å²) in [5.74, 6) is 1.04. The lowest BCUT2D eigenvalue weighted by atomic mass is 9.74. The van der Waals surface area contributed by atoms with Crippen LogP contribution in [0.5, 0.6) is 5.75 Å². The fourth-order valence-corrected chi connectivity index (χ4v) is 8.08. The topological polar surface area (TPSA) is 116 Å². The number of nitrogens with zero attached hydrogens (tertiary/aromatic N) is 3. The summed E-state index contributed by atoms with van der Waals surface area (Å²) in [4.78, 5) is 17.7. The number of fused-ring (bicyclic) bond motifs is 1. The van der Waals surface area contributed by atoms with E-state index in [0.717, 1.165) is 50.0 Å². The highest BCUT2D eigenvalue weighted by atomic mass is 32.2. The minimum atomic E-state index is -4.69. The summed E-state index contributed by atoms with van der Waals surface area (Å²) < 4.78 is 86.9. The number of hydrogen-bond acceptors (Lipinski definition) is 8. The van der Waals surface area contributed by atoms with Crippen LogP contribution in [0.1, 0.15) is 74.3 Å². The van der Waals surface area contributed by atoms with Crippen LogP contribution in [-0.4, -0.2) is 59.7 Å². The summed E-state index contributed by atoms with van der Waals surface area (Å²) in [6.07, 6.45) is -0.726. The predicted molar refractivity (Wildman–Crippen MR) is 161 cm³/mol. The zero-order chi connectivity index (χ0) is 33.0. The Morgan fingerprint density at radius 3 is 2.50 bits per heavy atom. The van der Waals surface area contributed by atoms with Crippen molar-refractivity contribution in [2.45, 2.75) is 82.5 Å². The molecule has 248 valence electrons. The van der Waals surface area contributed by atoms with Crippen molar-refractivity contribution in [2.75, 3.05) is 19.8 Å². The minimum Gasteiger partial charge on any atom is -0.744 e. The number of likely N-dealkylation sites (tertiary alicyclic amines) is 1. The van der Waals surface area contributed by atoms with Crippen LogP contribution in [-0.2, 0) is 27.6 Å². The smallest absolute Gasteiger partial charge is 0.416 e. The van der Waals surface area contributed by atoms with Gasteiger partial charge in [0, 0.05) is 29.2 Å². The van der Waals surface area contributed by atoms with E-state index in [4.69, 9.17) is 9.26 Å². The normalized spacial score (nSPS) is 23.0. The molecule has 1 saturated heterocycles. The monoisotopic (exact) mass is 660 g/mol. The Morgan fingerprint density at radius 2 is 1.83 bits per heavy atom. The van der Waals surface area contributed by atoms with Gasteiger partial charge in [-0.05, 0) is 88.4 Å². The summed E-state index contributed by atoms with van der Waals surface area (Å²) in [6.45, 7) is 7.51. The van der Waals surface area contributed by atoms with Crippen molar-refractivity contribution >= 4 is 16.0 Å². The average molecular weight is 661 g/mol. The lowest BCUT2D eigenvalue weighted by molar-refractivity contribution is -0.150. The van der Waals surface area contributed by atoms with Gasteiger partial charge in [-0.1, -0.05) is 30.6 Å². The maximum atomic E-state index is 14.1. The van der Waals surface area contributed by atoms with E-state index in [1.807, 2.05) is 13.8 Å². The molecule has 1 aliphatic carbocycles. The predicted octanol–water partition coefficient (Wildman–Crippen LogP) is 6.33. The van der Waals surface area contributed by atoms with E-state index in [2.05, 4.69) is 10.1 Å². The fourth-order valence-electron chi connectivity index (χ4n) is 7.41. The third-order valence-corrected chi connectivity index (χ3v) is 11.0. The Labute approximate surface area is 266 Å². The van der Waals surface area contributed by atoms with Crippen molar-refractivity contribution in [3.05, 3.63) is 64.9 Å². The molecule has 3 heterocycles. The zero-order valence-electron chi connectivity index (χ0n) is 26.0. The van der Waals surface area contributed by atoms with E-state index in [9.17, 15) is 30.9 Å². The van der Waals surface area contributed by atoms with Crippen molar-refractivity contribution in [3.8, 4) is 17.0 Å². The van der Waals surface area contributed by atoms with Gasteiger partial charge in [0.05, 0.1) is 22.4 Å². The molecule has 3 aromatic rings. The van der Waals surface area contributed by atoms with Crippen molar-refractivity contribution < 1.29 is 40.2 Å². The summed E-state index contributed by atoms with van der Waals surface area (Å²) >= 11 is 0. The number of ether oxygens (including phenoxy) is 1. The first kappa shape index (κ1) is 32.5. The van der Waals surface area contributed by atoms with E-state index in [1.54, 1.807) is 30.0 Å². The first-order chi connectivity index (χ1) is 21.7. The van der Waals surface area contributed by atoms with Crippen LogP contribution in [0.4, 0.5) is 13.2 Å². The number of rotatable bonds is 6. The van der Waals surface area contributed by atoms with Crippen molar-refractivity contribution in [2.24, 2.45) is 11.3 Å². The first-order valence-electron chi connectivity index (χ1n) is 15.6. The molecule has 0 spiro atoms. The maximum Gasteiger partial charge on any atom is 0.416 e. The molecule has 0 unspecified atom stereocenters. The SMILES string of the molecule is Cc1ccc(S(=O)(=O)[O-])c(-c2cc(C3CCN([C@H]4CC[C@@](C(=O)N5COc6ccc(C(F)(F)F)cc6C5)(C(C)C)C4)CC3)on2)c1. The molecule has 1 aromatic heterocycles. The van der Waals surface area contributed by atoms with Crippen molar-refractivity contribution in [3.63, 3.8) is 0 Å². The van der Waals surface area contributed by atoms with E-state index in [-0.39, 0.29) is 47.5 Å². The number of carbonyl (C=O) groups excluding carboxylic acids is 1. The highest BCUT2D eigenvalue weighted by molar-refractivity contribution is 7.85. The molecule has 1 amide bonds. The second-order valence-corrected chi connectivity index (χ2v) is 14.5. The highest BCUT2D eigenvalue weighted by Crippen LogP contribution is 2.49. The summed E-state index contributed by atoms with van der Waals surface area (Å²) in [6, 6.07) is 9.78. The van der Waals surface area contributed by atoms with Gasteiger partial charge in [0.25, 0.3) is 0 Å². The largest absolute Gasteiger partial charge is 0.744 e. The van der Waals surface area contributed by atoms with Crippen molar-refractivity contribution in [1.82, 2.24) is 15.0 Å². The third kappa shape index (κ3) is 6.16. The maximum absolute atomic E-state index is 14.1. The average Bonchev–Trinajstić information content (AvgIpc) is 3.69. The molecule has 2 aromatic carbocycles. The molecular formula is C33H37F3N3O6S-. The number of aromatic nitrogens is 1. The Bertz CT molecular complexity index is 1730. The molecule has 2 fully saturated rings. The van der Waals surface area contributed by atoms with E-state index < -0.39 is 27.3 Å². The molecule has 1 saturated carbocycles. The minimum absolute atomic E-state index is 0.00564. The van der Waals surface area contributed by atoms with Crippen LogP contribution < -0.4 is 4.74 Å². The van der Waals surface area contributed by atoms with Crippen LogP contribution >= 0.6 is 0 Å². The van der Waals surface area contributed by atoms with Gasteiger partial charge in [0.15, 0.2) is 6.73 Å². The second-order valence-electron chi connectivity index (χ2n) is 13.2. The number of benzene rings is 2. The van der Waals surface area contributed by atoms with Crippen LogP contribution in [0, 0.1) is 18.3 Å². The molecule has 13 heteroatoms. The fraction of sp³-hybridized carbons (Fsp3) is 0.515. The number of carbonyl (C=O) groups is 1. The summed E-state index contributed by atoms with van der Waals surface area (Å²) in [5, 5.41) is 4.11. The highest BCUT2D eigenvalue weighted by Gasteiger charge is 2.51. The zero-order valence-corrected chi connectivity index (χ0v) is 26.8. The van der Waals surface area contributed by atoms with Gasteiger partial charge in [-0.15, -0.1) is 0 Å². The molecule has 46 heavy (non-hydrogen) atoms. The quantitative estimate of drug-likeness (QED) is 0.282. The standard InChI is InChI=1S/C33H38F3N3O6S/c1-20(2)32(31(40)39-18-23-15-24(33(34,35)36)5-6-28(23)44-19-39)11-8-25(17-32)38-12-9-22(10-13-38)29-16-27(37-45-29)26-14-21(3)4-7-30(26)46(41,42)43/h4-7,14-16,20,22,25H,8-13,17-19H2,1-3H3,(H,41,42,43)/p-1/t25-,32-/m0/s1. The molecule has 2 atom stereocenters. The van der Waals surface area contributed by atoms with Crippen LogP contribution in [0.3, 0.4) is 0 Å². The van der Waals surface area contributed by atoms with Gasteiger partial charge < -0.3 is 23.6 Å². The molecule has 0 bridgehead atoms. The Hall–Kier alpha value is -3.42. The number of halogens is 3. The molecular weight excluding hydrogens is 623 g/mol. The van der Waals surface area contributed by atoms with E-state index in [0.29, 0.717) is 35.6 Å². The summed E-state index contributed by atoms with van der Waals surface area (Å²) in [5.41, 5.74) is 0.285. The summed E-state index contributed by atoms with van der Waals surface area (Å²) in [7, 11) is -4.69. The van der Waals surface area contributed by atoms with Crippen LogP contribution in [0.25, 0.3) is 11.3 Å². The van der Waals surface area contributed by atoms with Gasteiger partial charge in [-0.2, -0.15) is 13.2 Å². The molecule has 0 N–H and O–H groups in total. The lowest BCUT2D eigenvalue weighted by Gasteiger charge is -2.41. The second kappa shape index (κ2) is 12.0. The molecule has 0 radical (unpaired) electrons. The number of amides is 1. The first-order valence-corrected chi connectivity index (χ1v) is 17.0. The Morgan fingerprint density at radius 1 is 1.09 bits per heavy atom. The van der Waals surface area contributed by atoms with Gasteiger partial charge in [0.1, 0.15) is 27.3 Å². The Kier molecular flexibility index (Phi) is 8.47. The number of aryl methyl sites for hydroxylation is 1. The number of piperidine rings is 1. The third-order valence-electron chi connectivity index (χ3n) is 10.1. The molecule has 9 nitrogen and oxygen atoms in total. The van der Waals surface area contributed by atoms with E-state index >= 15 is 0 Å². The molecule has 2 aliphatic heterocycles. The number of hydrogen-bond donors (Lipinski definition) is 0. The van der Waals surface area contributed by atoms with Gasteiger partial charge >= 0.3 is 6.18 Å². The van der Waals surface area contributed by atoms with Crippen molar-refractivity contribution in [1.29, 1.82) is 0 Å². The Balaban J connectivity index is 1.11. The lowest BCUT2D eigenvalue weighted by Crippen LogP contribution is -2.49. The van der Waals surface area contributed by atoms with Gasteiger partial charge in [-0.25, -0.2) is 8.42 Å². The molecule has 6 rings (SSSR count). The van der Waals surface area contributed by atoms with Crippen LogP contribution in [0.15, 0.2) is 51.9 Å². The van der Waals surface area contributed by atoms with Gasteiger partial charge in [-0.3, -0.25) is 4.79 Å². The molecule has 3 aliphatic rings. The van der Waals surface area contributed by atoms with Crippen LogP contribution in [0.2, 0.25) is 0 Å². The van der Waals surface area contributed by atoms with Gasteiger partial charge in [0.2, 0.25) is 5.91 Å². The van der Waals surface area contributed by atoms with E-state index in [1.165, 1.54) is 12.1 Å². The number of alkyl halides is 3.